The lowest BCUT2D eigenvalue weighted by Gasteiger charge is -2.22. The summed E-state index contributed by atoms with van der Waals surface area (Å²) in [7, 11) is 0. The van der Waals surface area contributed by atoms with Crippen LogP contribution >= 0.6 is 0 Å². The molecule has 8 heteroatoms. The van der Waals surface area contributed by atoms with Crippen molar-refractivity contribution >= 4 is 11.6 Å². The Morgan fingerprint density at radius 1 is 0.816 bits per heavy atom. The topological polar surface area (TPSA) is 117 Å². The highest BCUT2D eigenvalue weighted by molar-refractivity contribution is 5.76. The predicted octanol–water partition coefficient (Wildman–Crippen LogP) is 5.55. The number of unbranched alkanes of at least 4 members (excludes halogenated alkanes) is 12. The molecule has 0 unspecified atom stereocenters. The van der Waals surface area contributed by atoms with E-state index in [1.54, 1.807) is 0 Å². The van der Waals surface area contributed by atoms with Crippen molar-refractivity contribution in [2.45, 2.75) is 109 Å². The Hall–Kier alpha value is -2.84. The van der Waals surface area contributed by atoms with Crippen LogP contribution in [-0.4, -0.2) is 33.7 Å². The molecular weight excluding hydrogens is 482 g/mol. The number of aliphatic hydroxyl groups excluding tert-OH is 2. The third-order valence-electron chi connectivity index (χ3n) is 6.97. The molecule has 0 spiro atoms. The molecule has 2 rings (SSSR count). The molecule has 1 amide bonds. The smallest absolute Gasteiger partial charge is 0.269 e. The molecule has 8 nitrogen and oxygen atoms in total. The number of pyridine rings is 1. The number of aryl methyl sites for hydroxylation is 1. The van der Waals surface area contributed by atoms with Crippen LogP contribution in [-0.2, 0) is 11.3 Å². The number of carbonyl (C=O) groups is 1. The van der Waals surface area contributed by atoms with E-state index in [0.717, 1.165) is 25.8 Å². The standard InChI is InChI=1S/C30H45N3O5/c34-25-28(30(36)26-18-20-27(21-19-26)33(37)38)31-29(35)17-13-10-8-6-4-2-1-3-5-7-9-11-14-22-32-23-15-12-16-24-32/h12,15-16,18-21,23-24,28,30,34,36H,1-11,13-14,17,22,25H2/p+1/t28-,30+/m0/s1. The Morgan fingerprint density at radius 3 is 1.82 bits per heavy atom. The molecule has 2 aromatic rings. The SMILES string of the molecule is O=C(CCCCCCCCCCCCCCC[n+]1ccccc1)N[C@@H](CO)[C@H](O)c1ccc([N+](=O)[O-])cc1. The third-order valence-corrected chi connectivity index (χ3v) is 6.97. The number of aromatic nitrogens is 1. The molecule has 1 aromatic carbocycles. The molecule has 0 radical (unpaired) electrons. The van der Waals surface area contributed by atoms with E-state index < -0.39 is 23.7 Å². The Balaban J connectivity index is 1.41. The summed E-state index contributed by atoms with van der Waals surface area (Å²) in [5.41, 5.74) is 0.332. The number of hydrogen-bond acceptors (Lipinski definition) is 5. The monoisotopic (exact) mass is 528 g/mol. The van der Waals surface area contributed by atoms with Crippen molar-refractivity contribution in [3.63, 3.8) is 0 Å². The van der Waals surface area contributed by atoms with Crippen LogP contribution in [0.5, 0.6) is 0 Å². The highest BCUT2D eigenvalue weighted by Gasteiger charge is 2.22. The van der Waals surface area contributed by atoms with Crippen LogP contribution in [0.2, 0.25) is 0 Å². The molecule has 3 N–H and O–H groups in total. The molecule has 210 valence electrons. The van der Waals surface area contributed by atoms with Gasteiger partial charge in [0.1, 0.15) is 12.6 Å². The van der Waals surface area contributed by atoms with Crippen LogP contribution in [0.1, 0.15) is 102 Å². The number of benzene rings is 1. The van der Waals surface area contributed by atoms with Crippen LogP contribution < -0.4 is 9.88 Å². The highest BCUT2D eigenvalue weighted by Crippen LogP contribution is 2.21. The number of nitro groups is 1. The second-order valence-electron chi connectivity index (χ2n) is 10.1. The number of amides is 1. The number of non-ortho nitro benzene ring substituents is 1. The number of nitro benzene ring substituents is 1. The van der Waals surface area contributed by atoms with E-state index in [2.05, 4.69) is 40.5 Å². The first-order valence-corrected chi connectivity index (χ1v) is 14.3. The summed E-state index contributed by atoms with van der Waals surface area (Å²) in [6.45, 7) is 0.694. The van der Waals surface area contributed by atoms with E-state index in [0.29, 0.717) is 12.0 Å². The summed E-state index contributed by atoms with van der Waals surface area (Å²) in [6, 6.07) is 10.8. The number of nitrogens with zero attached hydrogens (tertiary/aromatic N) is 2. The molecule has 2 atom stereocenters. The van der Waals surface area contributed by atoms with Gasteiger partial charge in [-0.1, -0.05) is 70.3 Å². The Bertz CT molecular complexity index is 908. The molecule has 0 fully saturated rings. The van der Waals surface area contributed by atoms with E-state index in [9.17, 15) is 25.1 Å². The van der Waals surface area contributed by atoms with Crippen molar-refractivity contribution in [2.75, 3.05) is 6.61 Å². The van der Waals surface area contributed by atoms with Gasteiger partial charge < -0.3 is 15.5 Å². The van der Waals surface area contributed by atoms with E-state index in [4.69, 9.17) is 0 Å². The number of carbonyl (C=O) groups excluding carboxylic acids is 1. The summed E-state index contributed by atoms with van der Waals surface area (Å²) in [4.78, 5) is 22.5. The van der Waals surface area contributed by atoms with E-state index >= 15 is 0 Å². The molecule has 0 aliphatic carbocycles. The van der Waals surface area contributed by atoms with E-state index in [-0.39, 0.29) is 11.6 Å². The minimum atomic E-state index is -1.14. The number of hydrogen-bond donors (Lipinski definition) is 3. The fraction of sp³-hybridized carbons (Fsp3) is 0.600. The lowest BCUT2D eigenvalue weighted by atomic mass is 10.0. The zero-order chi connectivity index (χ0) is 27.4. The van der Waals surface area contributed by atoms with Crippen LogP contribution in [0, 0.1) is 10.1 Å². The zero-order valence-electron chi connectivity index (χ0n) is 22.7. The van der Waals surface area contributed by atoms with Gasteiger partial charge in [0.05, 0.1) is 17.6 Å². The van der Waals surface area contributed by atoms with Gasteiger partial charge in [-0.15, -0.1) is 0 Å². The molecule has 0 saturated carbocycles. The number of aliphatic hydroxyl groups is 2. The van der Waals surface area contributed by atoms with Crippen molar-refractivity contribution < 1.29 is 24.5 Å². The van der Waals surface area contributed by atoms with Gasteiger partial charge in [-0.3, -0.25) is 14.9 Å². The van der Waals surface area contributed by atoms with Crippen molar-refractivity contribution in [2.24, 2.45) is 0 Å². The van der Waals surface area contributed by atoms with Gasteiger partial charge in [-0.25, -0.2) is 4.57 Å². The lowest BCUT2D eigenvalue weighted by Crippen LogP contribution is -2.41. The molecule has 1 aromatic heterocycles. The van der Waals surface area contributed by atoms with Crippen molar-refractivity contribution in [1.29, 1.82) is 0 Å². The number of nitrogens with one attached hydrogen (secondary N) is 1. The van der Waals surface area contributed by atoms with Crippen molar-refractivity contribution in [3.8, 4) is 0 Å². The average Bonchev–Trinajstić information content (AvgIpc) is 2.94. The second kappa shape index (κ2) is 19.3. The van der Waals surface area contributed by atoms with Gasteiger partial charge >= 0.3 is 0 Å². The van der Waals surface area contributed by atoms with Crippen LogP contribution in [0.25, 0.3) is 0 Å². The molecule has 0 bridgehead atoms. The highest BCUT2D eigenvalue weighted by atomic mass is 16.6. The summed E-state index contributed by atoms with van der Waals surface area (Å²) in [5.74, 6) is -0.205. The van der Waals surface area contributed by atoms with Gasteiger partial charge in [0, 0.05) is 37.1 Å². The summed E-state index contributed by atoms with van der Waals surface area (Å²) < 4.78 is 2.25. The summed E-state index contributed by atoms with van der Waals surface area (Å²) >= 11 is 0. The third kappa shape index (κ3) is 13.1. The van der Waals surface area contributed by atoms with Crippen molar-refractivity contribution in [3.05, 3.63) is 70.5 Å². The Kier molecular flexibility index (Phi) is 15.9. The molecule has 1 heterocycles. The van der Waals surface area contributed by atoms with E-state index in [1.807, 2.05) is 0 Å². The van der Waals surface area contributed by atoms with Gasteiger partial charge in [0.15, 0.2) is 12.4 Å². The molecule has 0 aliphatic rings. The summed E-state index contributed by atoms with van der Waals surface area (Å²) in [5, 5.41) is 33.5. The molecule has 38 heavy (non-hydrogen) atoms. The maximum Gasteiger partial charge on any atom is 0.269 e. The fourth-order valence-corrected chi connectivity index (χ4v) is 4.64. The van der Waals surface area contributed by atoms with E-state index in [1.165, 1.54) is 88.5 Å². The van der Waals surface area contributed by atoms with Crippen LogP contribution in [0.15, 0.2) is 54.9 Å². The normalized spacial score (nSPS) is 12.7. The molecule has 0 saturated heterocycles. The molecule has 0 aliphatic heterocycles. The maximum atomic E-state index is 12.3. The largest absolute Gasteiger partial charge is 0.394 e. The fourth-order valence-electron chi connectivity index (χ4n) is 4.64. The predicted molar refractivity (Wildman–Crippen MR) is 148 cm³/mol. The first-order chi connectivity index (χ1) is 18.5. The van der Waals surface area contributed by atoms with Crippen LogP contribution in [0.4, 0.5) is 5.69 Å². The quantitative estimate of drug-likeness (QED) is 0.0849. The second-order valence-corrected chi connectivity index (χ2v) is 10.1. The van der Waals surface area contributed by atoms with Gasteiger partial charge in [0.25, 0.3) is 5.69 Å². The van der Waals surface area contributed by atoms with Crippen LogP contribution in [0.3, 0.4) is 0 Å². The van der Waals surface area contributed by atoms with Gasteiger partial charge in [-0.05, 0) is 30.5 Å². The lowest BCUT2D eigenvalue weighted by molar-refractivity contribution is -0.697. The Labute approximate surface area is 227 Å². The zero-order valence-corrected chi connectivity index (χ0v) is 22.7. The Morgan fingerprint density at radius 2 is 1.32 bits per heavy atom. The minimum Gasteiger partial charge on any atom is -0.394 e. The maximum absolute atomic E-state index is 12.3. The number of rotatable bonds is 21. The summed E-state index contributed by atoms with van der Waals surface area (Å²) in [6.07, 6.45) is 19.3. The average molecular weight is 529 g/mol. The first kappa shape index (κ1) is 31.4. The van der Waals surface area contributed by atoms with Gasteiger partial charge in [-0.2, -0.15) is 0 Å². The van der Waals surface area contributed by atoms with Crippen molar-refractivity contribution in [1.82, 2.24) is 5.32 Å². The van der Waals surface area contributed by atoms with Gasteiger partial charge in [0.2, 0.25) is 5.91 Å². The molecular formula is C30H46N3O5+. The minimum absolute atomic E-state index is 0.0781. The first-order valence-electron chi connectivity index (χ1n) is 14.3.